The third-order valence-electron chi connectivity index (χ3n) is 5.13. The van der Waals surface area contributed by atoms with E-state index in [4.69, 9.17) is 0 Å². The predicted molar refractivity (Wildman–Crippen MR) is 82.7 cm³/mol. The van der Waals surface area contributed by atoms with Crippen LogP contribution in [0.4, 0.5) is 5.69 Å². The lowest BCUT2D eigenvalue weighted by molar-refractivity contribution is 0.254. The van der Waals surface area contributed by atoms with E-state index >= 15 is 0 Å². The van der Waals surface area contributed by atoms with Crippen molar-refractivity contribution in [1.29, 1.82) is 0 Å². The highest BCUT2D eigenvalue weighted by Crippen LogP contribution is 2.33. The number of hydrogen-bond acceptors (Lipinski definition) is 1. The number of nitrogens with one attached hydrogen (secondary N) is 1. The number of benzene rings is 1. The van der Waals surface area contributed by atoms with Crippen LogP contribution < -0.4 is 5.32 Å². The maximum Gasteiger partial charge on any atom is 0.0345 e. The van der Waals surface area contributed by atoms with Gasteiger partial charge in [0.15, 0.2) is 0 Å². The maximum absolute atomic E-state index is 3.84. The van der Waals surface area contributed by atoms with Crippen molar-refractivity contribution in [2.45, 2.75) is 64.8 Å². The van der Waals surface area contributed by atoms with E-state index in [-0.39, 0.29) is 0 Å². The predicted octanol–water partition coefficient (Wildman–Crippen LogP) is 4.80. The van der Waals surface area contributed by atoms with E-state index < -0.39 is 0 Å². The standard InChI is InChI=1S/C18H27N/c1-13(2)17-8-3-4-9-18(17)19-16-11-10-14-6-5-7-15(14)12-16/h10-13,17-19H,3-9H2,1-2H3. The molecule has 0 saturated heterocycles. The molecule has 1 fully saturated rings. The van der Waals surface area contributed by atoms with Crippen LogP contribution in [0.1, 0.15) is 57.1 Å². The molecule has 0 spiro atoms. The summed E-state index contributed by atoms with van der Waals surface area (Å²) in [6.45, 7) is 4.76. The van der Waals surface area contributed by atoms with Gasteiger partial charge in [-0.25, -0.2) is 0 Å². The Balaban J connectivity index is 1.72. The summed E-state index contributed by atoms with van der Waals surface area (Å²) in [4.78, 5) is 0. The van der Waals surface area contributed by atoms with Gasteiger partial charge < -0.3 is 5.32 Å². The van der Waals surface area contributed by atoms with Crippen molar-refractivity contribution in [3.05, 3.63) is 29.3 Å². The molecule has 3 rings (SSSR count). The minimum absolute atomic E-state index is 0.688. The lowest BCUT2D eigenvalue weighted by Gasteiger charge is -2.35. The number of rotatable bonds is 3. The number of hydrogen-bond donors (Lipinski definition) is 1. The molecule has 1 heteroatoms. The molecular weight excluding hydrogens is 230 g/mol. The van der Waals surface area contributed by atoms with Gasteiger partial charge in [0, 0.05) is 11.7 Å². The highest BCUT2D eigenvalue weighted by atomic mass is 14.9. The second-order valence-corrected chi connectivity index (χ2v) is 6.78. The van der Waals surface area contributed by atoms with Crippen molar-refractivity contribution in [3.63, 3.8) is 0 Å². The van der Waals surface area contributed by atoms with E-state index in [0.717, 1.165) is 11.8 Å². The highest BCUT2D eigenvalue weighted by molar-refractivity contribution is 5.50. The summed E-state index contributed by atoms with van der Waals surface area (Å²) in [5, 5.41) is 3.84. The Morgan fingerprint density at radius 2 is 1.79 bits per heavy atom. The highest BCUT2D eigenvalue weighted by Gasteiger charge is 2.27. The topological polar surface area (TPSA) is 12.0 Å². The van der Waals surface area contributed by atoms with E-state index in [1.807, 2.05) is 0 Å². The molecule has 0 radical (unpaired) electrons. The van der Waals surface area contributed by atoms with Crippen LogP contribution in [0.25, 0.3) is 0 Å². The zero-order valence-corrected chi connectivity index (χ0v) is 12.4. The van der Waals surface area contributed by atoms with Gasteiger partial charge in [-0.2, -0.15) is 0 Å². The summed E-state index contributed by atoms with van der Waals surface area (Å²) in [6.07, 6.45) is 9.48. The van der Waals surface area contributed by atoms with Gasteiger partial charge in [-0.15, -0.1) is 0 Å². The molecule has 1 N–H and O–H groups in total. The zero-order chi connectivity index (χ0) is 13.2. The van der Waals surface area contributed by atoms with Crippen LogP contribution >= 0.6 is 0 Å². The first kappa shape index (κ1) is 13.0. The molecule has 2 aliphatic carbocycles. The average Bonchev–Trinajstić information content (AvgIpc) is 2.86. The molecule has 0 heterocycles. The van der Waals surface area contributed by atoms with Crippen LogP contribution in [-0.2, 0) is 12.8 Å². The zero-order valence-electron chi connectivity index (χ0n) is 12.4. The Morgan fingerprint density at radius 3 is 2.63 bits per heavy atom. The van der Waals surface area contributed by atoms with Crippen molar-refractivity contribution in [2.24, 2.45) is 11.8 Å². The summed E-state index contributed by atoms with van der Waals surface area (Å²) in [6, 6.07) is 7.75. The fourth-order valence-corrected chi connectivity index (χ4v) is 4.01. The molecule has 104 valence electrons. The first-order chi connectivity index (χ1) is 9.24. The van der Waals surface area contributed by atoms with Crippen molar-refractivity contribution >= 4 is 5.69 Å². The van der Waals surface area contributed by atoms with Gasteiger partial charge in [0.05, 0.1) is 0 Å². The number of anilines is 1. The van der Waals surface area contributed by atoms with Gasteiger partial charge in [-0.3, -0.25) is 0 Å². The summed E-state index contributed by atoms with van der Waals surface area (Å²) in [7, 11) is 0. The van der Waals surface area contributed by atoms with E-state index in [2.05, 4.69) is 37.4 Å². The van der Waals surface area contributed by atoms with Crippen LogP contribution in [0.3, 0.4) is 0 Å². The molecular formula is C18H27N. The number of fused-ring (bicyclic) bond motifs is 1. The Hall–Kier alpha value is -0.980. The average molecular weight is 257 g/mol. The first-order valence-electron chi connectivity index (χ1n) is 8.12. The molecule has 1 aromatic rings. The van der Waals surface area contributed by atoms with Crippen molar-refractivity contribution in [2.75, 3.05) is 5.32 Å². The quantitative estimate of drug-likeness (QED) is 0.820. The normalized spacial score (nSPS) is 26.5. The summed E-state index contributed by atoms with van der Waals surface area (Å²) in [5.41, 5.74) is 4.52. The van der Waals surface area contributed by atoms with Gasteiger partial charge in [-0.1, -0.05) is 32.8 Å². The molecule has 0 aliphatic heterocycles. The molecule has 2 aliphatic rings. The fraction of sp³-hybridized carbons (Fsp3) is 0.667. The monoisotopic (exact) mass is 257 g/mol. The van der Waals surface area contributed by atoms with Crippen LogP contribution in [0.15, 0.2) is 18.2 Å². The van der Waals surface area contributed by atoms with Crippen LogP contribution in [0, 0.1) is 11.8 Å². The molecule has 2 unspecified atom stereocenters. The smallest absolute Gasteiger partial charge is 0.0345 e. The van der Waals surface area contributed by atoms with Crippen molar-refractivity contribution in [1.82, 2.24) is 0 Å². The third-order valence-corrected chi connectivity index (χ3v) is 5.13. The van der Waals surface area contributed by atoms with Crippen molar-refractivity contribution in [3.8, 4) is 0 Å². The molecule has 0 amide bonds. The number of aryl methyl sites for hydroxylation is 2. The van der Waals surface area contributed by atoms with Gasteiger partial charge in [0.2, 0.25) is 0 Å². The fourth-order valence-electron chi connectivity index (χ4n) is 4.01. The molecule has 1 aromatic carbocycles. The largest absolute Gasteiger partial charge is 0.382 e. The van der Waals surface area contributed by atoms with E-state index in [0.29, 0.717) is 6.04 Å². The van der Waals surface area contributed by atoms with Crippen molar-refractivity contribution < 1.29 is 0 Å². The van der Waals surface area contributed by atoms with Crippen LogP contribution in [0.5, 0.6) is 0 Å². The summed E-state index contributed by atoms with van der Waals surface area (Å²) < 4.78 is 0. The Labute approximate surface area is 117 Å². The SMILES string of the molecule is CC(C)C1CCCCC1Nc1ccc2c(c1)CCC2. The maximum atomic E-state index is 3.84. The van der Waals surface area contributed by atoms with Crippen LogP contribution in [-0.4, -0.2) is 6.04 Å². The molecule has 1 saturated carbocycles. The Morgan fingerprint density at radius 1 is 1.00 bits per heavy atom. The molecule has 2 atom stereocenters. The minimum atomic E-state index is 0.688. The van der Waals surface area contributed by atoms with Gasteiger partial charge >= 0.3 is 0 Å². The minimum Gasteiger partial charge on any atom is -0.382 e. The molecule has 19 heavy (non-hydrogen) atoms. The summed E-state index contributed by atoms with van der Waals surface area (Å²) >= 11 is 0. The second-order valence-electron chi connectivity index (χ2n) is 6.78. The first-order valence-corrected chi connectivity index (χ1v) is 8.12. The Bertz CT molecular complexity index is 435. The van der Waals surface area contributed by atoms with Crippen LogP contribution in [0.2, 0.25) is 0 Å². The Kier molecular flexibility index (Phi) is 3.81. The van der Waals surface area contributed by atoms with E-state index in [1.54, 1.807) is 11.1 Å². The van der Waals surface area contributed by atoms with E-state index in [9.17, 15) is 0 Å². The van der Waals surface area contributed by atoms with Gasteiger partial charge in [-0.05, 0) is 67.2 Å². The lowest BCUT2D eigenvalue weighted by Crippen LogP contribution is -2.35. The second kappa shape index (κ2) is 5.56. The third kappa shape index (κ3) is 2.80. The van der Waals surface area contributed by atoms with Gasteiger partial charge in [0.25, 0.3) is 0 Å². The lowest BCUT2D eigenvalue weighted by atomic mass is 9.78. The van der Waals surface area contributed by atoms with Gasteiger partial charge in [0.1, 0.15) is 0 Å². The van der Waals surface area contributed by atoms with E-state index in [1.165, 1.54) is 50.6 Å². The summed E-state index contributed by atoms with van der Waals surface area (Å²) in [5.74, 6) is 1.65. The molecule has 0 bridgehead atoms. The molecule has 0 aromatic heterocycles. The molecule has 1 nitrogen and oxygen atoms in total.